The second kappa shape index (κ2) is 6.20. The molecule has 1 amide bonds. The average molecular weight is 222 g/mol. The van der Waals surface area contributed by atoms with E-state index in [1.807, 2.05) is 30.5 Å². The minimum Gasteiger partial charge on any atom is -0.350 e. The lowest BCUT2D eigenvalue weighted by molar-refractivity contribution is -0.123. The van der Waals surface area contributed by atoms with Crippen LogP contribution in [-0.4, -0.2) is 5.91 Å². The molecule has 0 saturated carbocycles. The van der Waals surface area contributed by atoms with Gasteiger partial charge in [-0.25, -0.2) is 0 Å². The normalized spacial score (nSPS) is 11.7. The highest BCUT2D eigenvalue weighted by molar-refractivity contribution is 7.09. The summed E-state index contributed by atoms with van der Waals surface area (Å²) in [5.41, 5.74) is 0. The van der Waals surface area contributed by atoms with Gasteiger partial charge in [-0.05, 0) is 17.9 Å². The summed E-state index contributed by atoms with van der Waals surface area (Å²) in [6.45, 7) is 2.50. The van der Waals surface area contributed by atoms with E-state index in [0.717, 1.165) is 11.3 Å². The molecule has 0 fully saturated rings. The molecule has 4 heteroatoms. The topological polar surface area (TPSA) is 52.9 Å². The molecule has 1 aromatic heterocycles. The molecule has 1 heterocycles. The van der Waals surface area contributed by atoms with Crippen molar-refractivity contribution in [2.24, 2.45) is 5.92 Å². The largest absolute Gasteiger partial charge is 0.350 e. The predicted octanol–water partition coefficient (Wildman–Crippen LogP) is 2.30. The van der Waals surface area contributed by atoms with E-state index in [9.17, 15) is 4.79 Å². The molecule has 0 aliphatic carbocycles. The lowest BCUT2D eigenvalue weighted by atomic mass is 10.1. The first-order valence-corrected chi connectivity index (χ1v) is 5.85. The van der Waals surface area contributed by atoms with Crippen molar-refractivity contribution < 1.29 is 4.79 Å². The quantitative estimate of drug-likeness (QED) is 0.831. The van der Waals surface area contributed by atoms with Gasteiger partial charge in [-0.15, -0.1) is 11.3 Å². The van der Waals surface area contributed by atoms with E-state index in [0.29, 0.717) is 13.0 Å². The van der Waals surface area contributed by atoms with E-state index >= 15 is 0 Å². The second-order valence-electron chi connectivity index (χ2n) is 3.27. The highest BCUT2D eigenvalue weighted by atomic mass is 32.1. The van der Waals surface area contributed by atoms with Crippen LogP contribution in [0.25, 0.3) is 0 Å². The molecule has 0 aliphatic rings. The Morgan fingerprint density at radius 1 is 1.73 bits per heavy atom. The number of hydrogen-bond acceptors (Lipinski definition) is 3. The number of carbonyl (C=O) groups is 1. The molecular formula is C11H14N2OS. The number of rotatable bonds is 5. The van der Waals surface area contributed by atoms with E-state index in [1.165, 1.54) is 0 Å². The zero-order valence-electron chi connectivity index (χ0n) is 8.69. The molecule has 1 rings (SSSR count). The number of hydrogen-bond donors (Lipinski definition) is 1. The van der Waals surface area contributed by atoms with Crippen molar-refractivity contribution in [2.45, 2.75) is 26.3 Å². The van der Waals surface area contributed by atoms with Gasteiger partial charge >= 0.3 is 0 Å². The van der Waals surface area contributed by atoms with Crippen LogP contribution in [0, 0.1) is 17.2 Å². The lowest BCUT2D eigenvalue weighted by Gasteiger charge is -2.07. The van der Waals surface area contributed by atoms with Gasteiger partial charge in [-0.1, -0.05) is 19.4 Å². The van der Waals surface area contributed by atoms with E-state index in [1.54, 1.807) is 11.3 Å². The molecule has 0 spiro atoms. The van der Waals surface area contributed by atoms with E-state index < -0.39 is 5.92 Å². The molecule has 15 heavy (non-hydrogen) atoms. The first-order chi connectivity index (χ1) is 7.27. The van der Waals surface area contributed by atoms with Gasteiger partial charge in [-0.3, -0.25) is 4.79 Å². The average Bonchev–Trinajstić information content (AvgIpc) is 2.75. The molecule has 1 unspecified atom stereocenters. The minimum atomic E-state index is -0.505. The van der Waals surface area contributed by atoms with E-state index in [4.69, 9.17) is 5.26 Å². The van der Waals surface area contributed by atoms with Crippen LogP contribution in [-0.2, 0) is 11.3 Å². The Hall–Kier alpha value is -1.34. The van der Waals surface area contributed by atoms with Crippen molar-refractivity contribution >= 4 is 17.2 Å². The fraction of sp³-hybridized carbons (Fsp3) is 0.455. The summed E-state index contributed by atoms with van der Waals surface area (Å²) in [6, 6.07) is 5.93. The standard InChI is InChI=1S/C11H14N2OS/c1-2-4-9(7-12)11(14)13-8-10-5-3-6-15-10/h3,5-6,9H,2,4,8H2,1H3,(H,13,14). The number of amides is 1. The number of nitrogens with one attached hydrogen (secondary N) is 1. The van der Waals surface area contributed by atoms with Gasteiger partial charge in [0, 0.05) is 4.88 Å². The Bertz CT molecular complexity index is 340. The Kier molecular flexibility index (Phi) is 4.85. The summed E-state index contributed by atoms with van der Waals surface area (Å²) in [7, 11) is 0. The Labute approximate surface area is 93.7 Å². The van der Waals surface area contributed by atoms with Crippen molar-refractivity contribution in [3.8, 4) is 6.07 Å². The lowest BCUT2D eigenvalue weighted by Crippen LogP contribution is -2.29. The second-order valence-corrected chi connectivity index (χ2v) is 4.30. The molecule has 0 radical (unpaired) electrons. The SMILES string of the molecule is CCCC(C#N)C(=O)NCc1cccs1. The van der Waals surface area contributed by atoms with Crippen molar-refractivity contribution in [2.75, 3.05) is 0 Å². The van der Waals surface area contributed by atoms with Crippen LogP contribution in [0.5, 0.6) is 0 Å². The van der Waals surface area contributed by atoms with Crippen LogP contribution in [0.3, 0.4) is 0 Å². The van der Waals surface area contributed by atoms with E-state index in [2.05, 4.69) is 5.32 Å². The monoisotopic (exact) mass is 222 g/mol. The Balaban J connectivity index is 2.38. The number of nitriles is 1. The third-order valence-electron chi connectivity index (χ3n) is 2.07. The van der Waals surface area contributed by atoms with Crippen LogP contribution in [0.15, 0.2) is 17.5 Å². The first kappa shape index (κ1) is 11.7. The summed E-state index contributed by atoms with van der Waals surface area (Å²) in [4.78, 5) is 12.6. The van der Waals surface area contributed by atoms with Gasteiger partial charge in [0.15, 0.2) is 0 Å². The van der Waals surface area contributed by atoms with Crippen LogP contribution in [0.2, 0.25) is 0 Å². The summed E-state index contributed by atoms with van der Waals surface area (Å²) >= 11 is 1.60. The van der Waals surface area contributed by atoms with Crippen LogP contribution in [0.1, 0.15) is 24.6 Å². The van der Waals surface area contributed by atoms with Crippen LogP contribution >= 0.6 is 11.3 Å². The third kappa shape index (κ3) is 3.72. The van der Waals surface area contributed by atoms with Crippen LogP contribution in [0.4, 0.5) is 0 Å². The molecule has 80 valence electrons. The Morgan fingerprint density at radius 2 is 2.53 bits per heavy atom. The minimum absolute atomic E-state index is 0.159. The maximum absolute atomic E-state index is 11.5. The highest BCUT2D eigenvalue weighted by Gasteiger charge is 2.15. The molecule has 1 atom stereocenters. The van der Waals surface area contributed by atoms with Gasteiger partial charge in [0.1, 0.15) is 5.92 Å². The zero-order chi connectivity index (χ0) is 11.1. The van der Waals surface area contributed by atoms with Crippen molar-refractivity contribution in [1.82, 2.24) is 5.32 Å². The third-order valence-corrected chi connectivity index (χ3v) is 2.94. The molecule has 3 nitrogen and oxygen atoms in total. The molecule has 1 aromatic rings. The predicted molar refractivity (Wildman–Crippen MR) is 60.2 cm³/mol. The summed E-state index contributed by atoms with van der Waals surface area (Å²) in [5, 5.41) is 13.5. The summed E-state index contributed by atoms with van der Waals surface area (Å²) in [5.74, 6) is -0.664. The van der Waals surface area contributed by atoms with Gasteiger partial charge in [0.2, 0.25) is 5.91 Å². The fourth-order valence-electron chi connectivity index (χ4n) is 1.25. The van der Waals surface area contributed by atoms with Crippen molar-refractivity contribution in [1.29, 1.82) is 5.26 Å². The van der Waals surface area contributed by atoms with Crippen LogP contribution < -0.4 is 5.32 Å². The zero-order valence-corrected chi connectivity index (χ0v) is 9.51. The molecular weight excluding hydrogens is 208 g/mol. The van der Waals surface area contributed by atoms with Gasteiger partial charge in [0.05, 0.1) is 12.6 Å². The first-order valence-electron chi connectivity index (χ1n) is 4.97. The Morgan fingerprint density at radius 3 is 3.07 bits per heavy atom. The number of nitrogens with zero attached hydrogens (tertiary/aromatic N) is 1. The summed E-state index contributed by atoms with van der Waals surface area (Å²) in [6.07, 6.45) is 1.48. The fourth-order valence-corrected chi connectivity index (χ4v) is 1.90. The van der Waals surface area contributed by atoms with Crippen molar-refractivity contribution in [3.05, 3.63) is 22.4 Å². The maximum atomic E-state index is 11.5. The number of carbonyl (C=O) groups excluding carboxylic acids is 1. The highest BCUT2D eigenvalue weighted by Crippen LogP contribution is 2.09. The van der Waals surface area contributed by atoms with Gasteiger partial charge in [-0.2, -0.15) is 5.26 Å². The smallest absolute Gasteiger partial charge is 0.237 e. The molecule has 0 saturated heterocycles. The molecule has 0 aromatic carbocycles. The maximum Gasteiger partial charge on any atom is 0.237 e. The molecule has 0 bridgehead atoms. The van der Waals surface area contributed by atoms with Gasteiger partial charge in [0.25, 0.3) is 0 Å². The van der Waals surface area contributed by atoms with Crippen molar-refractivity contribution in [3.63, 3.8) is 0 Å². The summed E-state index contributed by atoms with van der Waals surface area (Å²) < 4.78 is 0. The number of thiophene rings is 1. The van der Waals surface area contributed by atoms with E-state index in [-0.39, 0.29) is 5.91 Å². The van der Waals surface area contributed by atoms with Gasteiger partial charge < -0.3 is 5.32 Å². The molecule has 0 aliphatic heterocycles. The molecule has 1 N–H and O–H groups in total.